The number of anilines is 1. The van der Waals surface area contributed by atoms with Crippen molar-refractivity contribution in [2.24, 2.45) is 0 Å². The van der Waals surface area contributed by atoms with E-state index in [9.17, 15) is 26.4 Å². The maximum Gasteiger partial charge on any atom is 0.422 e. The summed E-state index contributed by atoms with van der Waals surface area (Å²) in [7, 11) is -3.93. The van der Waals surface area contributed by atoms with E-state index >= 15 is 0 Å². The Morgan fingerprint density at radius 2 is 1.82 bits per heavy atom. The van der Waals surface area contributed by atoms with E-state index in [0.717, 1.165) is 12.1 Å². The Kier molecular flexibility index (Phi) is 6.53. The highest BCUT2D eigenvalue weighted by Crippen LogP contribution is 2.25. The Bertz CT molecular complexity index is 1020. The highest BCUT2D eigenvalue weighted by atomic mass is 35.5. The molecular formula is C17H12ClF3N2O4S. The second kappa shape index (κ2) is 8.50. The number of amides is 1. The number of carbonyl (C=O) groups excluding carboxylic acids is 1. The number of halogens is 4. The zero-order chi connectivity index (χ0) is 20.9. The van der Waals surface area contributed by atoms with Gasteiger partial charge in [0.05, 0.1) is 10.5 Å². The first-order valence-electron chi connectivity index (χ1n) is 7.52. The predicted octanol–water partition coefficient (Wildman–Crippen LogP) is 3.57. The summed E-state index contributed by atoms with van der Waals surface area (Å²) in [6.07, 6.45) is -4.57. The van der Waals surface area contributed by atoms with Gasteiger partial charge in [0, 0.05) is 10.7 Å². The van der Waals surface area contributed by atoms with Crippen molar-refractivity contribution < 1.29 is 31.1 Å². The van der Waals surface area contributed by atoms with Gasteiger partial charge in [0.1, 0.15) is 17.6 Å². The van der Waals surface area contributed by atoms with Gasteiger partial charge in [0.15, 0.2) is 16.4 Å². The van der Waals surface area contributed by atoms with E-state index < -0.39 is 34.3 Å². The fourth-order valence-corrected chi connectivity index (χ4v) is 3.34. The number of carbonyl (C=O) groups is 1. The largest absolute Gasteiger partial charge is 0.483 e. The molecule has 0 aliphatic rings. The molecule has 2 rings (SSSR count). The van der Waals surface area contributed by atoms with Gasteiger partial charge in [-0.05, 0) is 42.5 Å². The lowest BCUT2D eigenvalue weighted by Gasteiger charge is -2.12. The molecule has 0 aromatic heterocycles. The van der Waals surface area contributed by atoms with Crippen LogP contribution in [0.4, 0.5) is 18.9 Å². The van der Waals surface area contributed by atoms with Crippen LogP contribution < -0.4 is 10.1 Å². The van der Waals surface area contributed by atoms with Gasteiger partial charge in [-0.3, -0.25) is 4.79 Å². The monoisotopic (exact) mass is 432 g/mol. The van der Waals surface area contributed by atoms with E-state index in [1.54, 1.807) is 6.07 Å². The van der Waals surface area contributed by atoms with Crippen LogP contribution >= 0.6 is 11.6 Å². The summed E-state index contributed by atoms with van der Waals surface area (Å²) in [4.78, 5) is 11.9. The van der Waals surface area contributed by atoms with Gasteiger partial charge in [-0.15, -0.1) is 0 Å². The van der Waals surface area contributed by atoms with Crippen molar-refractivity contribution in [2.45, 2.75) is 11.1 Å². The number of alkyl halides is 3. The average molecular weight is 433 g/mol. The predicted molar refractivity (Wildman–Crippen MR) is 94.8 cm³/mol. The smallest absolute Gasteiger partial charge is 0.422 e. The van der Waals surface area contributed by atoms with E-state index in [1.807, 2.05) is 0 Å². The lowest BCUT2D eigenvalue weighted by Crippen LogP contribution is -2.23. The zero-order valence-corrected chi connectivity index (χ0v) is 15.5. The number of rotatable bonds is 6. The summed E-state index contributed by atoms with van der Waals surface area (Å²) in [6, 6.07) is 10.2. The average Bonchev–Trinajstić information content (AvgIpc) is 2.59. The first kappa shape index (κ1) is 21.5. The summed E-state index contributed by atoms with van der Waals surface area (Å²) in [5, 5.41) is 11.6. The van der Waals surface area contributed by atoms with Gasteiger partial charge in [-0.1, -0.05) is 11.6 Å². The van der Waals surface area contributed by atoms with Gasteiger partial charge < -0.3 is 10.1 Å². The first-order valence-corrected chi connectivity index (χ1v) is 9.55. The van der Waals surface area contributed by atoms with E-state index in [0.29, 0.717) is 5.02 Å². The minimum Gasteiger partial charge on any atom is -0.483 e. The van der Waals surface area contributed by atoms with Crippen LogP contribution in [0.1, 0.15) is 5.56 Å². The minimum atomic E-state index is -4.57. The maximum atomic E-state index is 12.2. The van der Waals surface area contributed by atoms with Crippen molar-refractivity contribution in [3.8, 4) is 11.8 Å². The number of nitrogens with zero attached hydrogens (tertiary/aromatic N) is 1. The number of ether oxygens (including phenoxy) is 1. The molecule has 0 saturated carbocycles. The molecule has 1 N–H and O–H groups in total. The molecule has 2 aromatic carbocycles. The lowest BCUT2D eigenvalue weighted by molar-refractivity contribution is -0.153. The molecule has 6 nitrogen and oxygen atoms in total. The van der Waals surface area contributed by atoms with Gasteiger partial charge in [-0.2, -0.15) is 18.4 Å². The summed E-state index contributed by atoms with van der Waals surface area (Å²) in [5.74, 6) is -2.07. The Morgan fingerprint density at radius 1 is 1.18 bits per heavy atom. The molecule has 1 amide bonds. The summed E-state index contributed by atoms with van der Waals surface area (Å²) in [5.41, 5.74) is -0.213. The van der Waals surface area contributed by atoms with Crippen molar-refractivity contribution >= 4 is 33.0 Å². The number of nitriles is 1. The van der Waals surface area contributed by atoms with Crippen molar-refractivity contribution in [2.75, 3.05) is 17.7 Å². The van der Waals surface area contributed by atoms with Gasteiger partial charge >= 0.3 is 6.18 Å². The van der Waals surface area contributed by atoms with E-state index in [-0.39, 0.29) is 21.9 Å². The van der Waals surface area contributed by atoms with Crippen LogP contribution in [0.2, 0.25) is 5.02 Å². The van der Waals surface area contributed by atoms with Gasteiger partial charge in [-0.25, -0.2) is 8.42 Å². The Balaban J connectivity index is 2.09. The van der Waals surface area contributed by atoms with Gasteiger partial charge in [0.2, 0.25) is 5.91 Å². The summed E-state index contributed by atoms with van der Waals surface area (Å²) in [6.45, 7) is -1.58. The molecular weight excluding hydrogens is 421 g/mol. The number of hydrogen-bond donors (Lipinski definition) is 1. The molecule has 0 heterocycles. The number of nitrogens with one attached hydrogen (secondary N) is 1. The number of hydrogen-bond acceptors (Lipinski definition) is 5. The third kappa shape index (κ3) is 6.14. The zero-order valence-electron chi connectivity index (χ0n) is 14.0. The standard InChI is InChI=1S/C17H12ClF3N2O4S/c18-12-1-4-14(5-2-12)28(25,26)9-16(24)23-13-3-6-15(11(7-13)8-22)27-10-17(19,20)21/h1-7H,9-10H2,(H,23,24). The summed E-state index contributed by atoms with van der Waals surface area (Å²) >= 11 is 5.69. The van der Waals surface area contributed by atoms with Crippen LogP contribution in [-0.4, -0.2) is 32.9 Å². The van der Waals surface area contributed by atoms with E-state index in [2.05, 4.69) is 10.1 Å². The van der Waals surface area contributed by atoms with Crippen LogP contribution in [0.3, 0.4) is 0 Å². The molecule has 0 radical (unpaired) electrons. The lowest BCUT2D eigenvalue weighted by atomic mass is 10.2. The fraction of sp³-hybridized carbons (Fsp3) is 0.176. The molecule has 0 saturated heterocycles. The van der Waals surface area contributed by atoms with Gasteiger partial charge in [0.25, 0.3) is 0 Å². The van der Waals surface area contributed by atoms with Crippen LogP contribution in [0, 0.1) is 11.3 Å². The molecule has 148 valence electrons. The molecule has 28 heavy (non-hydrogen) atoms. The third-order valence-electron chi connectivity index (χ3n) is 3.27. The molecule has 0 aliphatic carbocycles. The quantitative estimate of drug-likeness (QED) is 0.752. The highest BCUT2D eigenvalue weighted by molar-refractivity contribution is 7.92. The van der Waals surface area contributed by atoms with Crippen molar-refractivity contribution in [1.82, 2.24) is 0 Å². The Labute approximate surface area is 163 Å². The molecule has 0 spiro atoms. The van der Waals surface area contributed by atoms with E-state index in [4.69, 9.17) is 16.9 Å². The fourth-order valence-electron chi connectivity index (χ4n) is 2.08. The Hall–Kier alpha value is -2.77. The van der Waals surface area contributed by atoms with Crippen molar-refractivity contribution in [3.63, 3.8) is 0 Å². The highest BCUT2D eigenvalue weighted by Gasteiger charge is 2.29. The van der Waals surface area contributed by atoms with Crippen molar-refractivity contribution in [3.05, 3.63) is 53.1 Å². The van der Waals surface area contributed by atoms with E-state index in [1.165, 1.54) is 30.3 Å². The topological polar surface area (TPSA) is 96.3 Å². The molecule has 0 unspecified atom stereocenters. The Morgan fingerprint density at radius 3 is 2.39 bits per heavy atom. The van der Waals surface area contributed by atoms with Crippen LogP contribution in [-0.2, 0) is 14.6 Å². The number of sulfone groups is 1. The van der Waals surface area contributed by atoms with Crippen LogP contribution in [0.15, 0.2) is 47.4 Å². The number of benzene rings is 2. The molecule has 0 fully saturated rings. The molecule has 0 atom stereocenters. The second-order valence-electron chi connectivity index (χ2n) is 5.49. The summed E-state index contributed by atoms with van der Waals surface area (Å²) < 4.78 is 65.6. The van der Waals surface area contributed by atoms with Crippen LogP contribution in [0.25, 0.3) is 0 Å². The van der Waals surface area contributed by atoms with Crippen LogP contribution in [0.5, 0.6) is 5.75 Å². The molecule has 0 aliphatic heterocycles. The third-order valence-corrected chi connectivity index (χ3v) is 5.15. The molecule has 11 heteroatoms. The normalized spacial score (nSPS) is 11.5. The molecule has 0 bridgehead atoms. The second-order valence-corrected chi connectivity index (χ2v) is 7.91. The van der Waals surface area contributed by atoms with Crippen molar-refractivity contribution in [1.29, 1.82) is 5.26 Å². The maximum absolute atomic E-state index is 12.2. The SMILES string of the molecule is N#Cc1cc(NC(=O)CS(=O)(=O)c2ccc(Cl)cc2)ccc1OCC(F)(F)F. The molecule has 2 aromatic rings. The minimum absolute atomic E-state index is 0.0345. The first-order chi connectivity index (χ1) is 13.0.